The van der Waals surface area contributed by atoms with E-state index in [1.165, 1.54) is 6.07 Å². The molecule has 1 saturated heterocycles. The molecule has 1 unspecified atom stereocenters. The molecule has 2 aromatic heterocycles. The summed E-state index contributed by atoms with van der Waals surface area (Å²) in [5.74, 6) is 0.265. The SMILES string of the molecule is CCOc1ccc(C(F)(F)F)cc1-c1cc2c(ncn2C2CCCCO2)c(C#N)n1. The van der Waals surface area contributed by atoms with Gasteiger partial charge in [-0.2, -0.15) is 18.4 Å². The Morgan fingerprint density at radius 3 is 2.80 bits per heavy atom. The van der Waals surface area contributed by atoms with Crippen molar-refractivity contribution in [3.63, 3.8) is 0 Å². The van der Waals surface area contributed by atoms with Crippen molar-refractivity contribution in [3.05, 3.63) is 41.9 Å². The number of pyridine rings is 1. The fourth-order valence-electron chi connectivity index (χ4n) is 3.61. The molecule has 4 rings (SSSR count). The van der Waals surface area contributed by atoms with Gasteiger partial charge < -0.3 is 14.0 Å². The Morgan fingerprint density at radius 2 is 2.13 bits per heavy atom. The van der Waals surface area contributed by atoms with E-state index in [-0.39, 0.29) is 35.5 Å². The average molecular weight is 416 g/mol. The largest absolute Gasteiger partial charge is 0.493 e. The van der Waals surface area contributed by atoms with E-state index in [1.54, 1.807) is 19.3 Å². The summed E-state index contributed by atoms with van der Waals surface area (Å²) < 4.78 is 53.1. The second-order valence-corrected chi connectivity index (χ2v) is 6.95. The number of nitrogens with zero attached hydrogens (tertiary/aromatic N) is 4. The van der Waals surface area contributed by atoms with Crippen LogP contribution >= 0.6 is 0 Å². The molecule has 0 saturated carbocycles. The maximum absolute atomic E-state index is 13.3. The molecule has 1 atom stereocenters. The summed E-state index contributed by atoms with van der Waals surface area (Å²) in [4.78, 5) is 8.59. The van der Waals surface area contributed by atoms with E-state index in [2.05, 4.69) is 9.97 Å². The molecule has 9 heteroatoms. The van der Waals surface area contributed by atoms with Crippen LogP contribution in [0.3, 0.4) is 0 Å². The molecule has 3 heterocycles. The van der Waals surface area contributed by atoms with Crippen LogP contribution in [0.4, 0.5) is 13.2 Å². The molecule has 0 amide bonds. The van der Waals surface area contributed by atoms with Gasteiger partial charge in [-0.05, 0) is 50.5 Å². The quantitative estimate of drug-likeness (QED) is 0.593. The first kappa shape index (κ1) is 20.2. The van der Waals surface area contributed by atoms with E-state index in [9.17, 15) is 18.4 Å². The van der Waals surface area contributed by atoms with Crippen molar-refractivity contribution in [3.8, 4) is 23.1 Å². The summed E-state index contributed by atoms with van der Waals surface area (Å²) in [7, 11) is 0. The van der Waals surface area contributed by atoms with E-state index in [4.69, 9.17) is 9.47 Å². The lowest BCUT2D eigenvalue weighted by Gasteiger charge is -2.24. The minimum atomic E-state index is -4.51. The van der Waals surface area contributed by atoms with Crippen LogP contribution < -0.4 is 4.74 Å². The molecule has 30 heavy (non-hydrogen) atoms. The second kappa shape index (κ2) is 7.95. The number of hydrogen-bond acceptors (Lipinski definition) is 5. The first-order chi connectivity index (χ1) is 14.4. The van der Waals surface area contributed by atoms with E-state index in [1.807, 2.05) is 10.6 Å². The standard InChI is InChI=1S/C21H19F3N4O2/c1-2-29-18-7-6-13(21(22,23)24)9-14(18)15-10-17-20(16(11-25)27-15)26-12-28(17)19-5-3-4-8-30-19/h6-7,9-10,12,19H,2-5,8H2,1H3. The van der Waals surface area contributed by atoms with Gasteiger partial charge in [0.05, 0.1) is 29.7 Å². The number of hydrogen-bond donors (Lipinski definition) is 0. The van der Waals surface area contributed by atoms with Crippen LogP contribution in [0.15, 0.2) is 30.6 Å². The number of ether oxygens (including phenoxy) is 2. The summed E-state index contributed by atoms with van der Waals surface area (Å²) in [5, 5.41) is 9.58. The molecule has 0 bridgehead atoms. The molecular weight excluding hydrogens is 397 g/mol. The highest BCUT2D eigenvalue weighted by atomic mass is 19.4. The van der Waals surface area contributed by atoms with Crippen LogP contribution in [0.5, 0.6) is 5.75 Å². The minimum absolute atomic E-state index is 0.0388. The third-order valence-corrected chi connectivity index (χ3v) is 5.02. The van der Waals surface area contributed by atoms with Crippen molar-refractivity contribution >= 4 is 11.0 Å². The van der Waals surface area contributed by atoms with Crippen LogP contribution in [0.25, 0.3) is 22.3 Å². The van der Waals surface area contributed by atoms with Gasteiger partial charge in [0.25, 0.3) is 0 Å². The summed E-state index contributed by atoms with van der Waals surface area (Å²) >= 11 is 0. The van der Waals surface area contributed by atoms with E-state index in [0.29, 0.717) is 17.6 Å². The molecule has 0 spiro atoms. The number of imidazole rings is 1. The van der Waals surface area contributed by atoms with Gasteiger partial charge >= 0.3 is 6.18 Å². The highest BCUT2D eigenvalue weighted by Crippen LogP contribution is 2.38. The van der Waals surface area contributed by atoms with Gasteiger partial charge in [-0.1, -0.05) is 0 Å². The van der Waals surface area contributed by atoms with Gasteiger partial charge in [-0.25, -0.2) is 9.97 Å². The Hall–Kier alpha value is -3.12. The van der Waals surface area contributed by atoms with Gasteiger partial charge in [0.15, 0.2) is 5.69 Å². The third kappa shape index (κ3) is 3.71. The van der Waals surface area contributed by atoms with Crippen molar-refractivity contribution in [2.75, 3.05) is 13.2 Å². The summed E-state index contributed by atoms with van der Waals surface area (Å²) in [6, 6.07) is 6.89. The van der Waals surface area contributed by atoms with Gasteiger partial charge in [0.1, 0.15) is 23.6 Å². The molecule has 1 fully saturated rings. The maximum atomic E-state index is 13.3. The second-order valence-electron chi connectivity index (χ2n) is 6.95. The number of alkyl halides is 3. The molecule has 6 nitrogen and oxygen atoms in total. The Bertz CT molecular complexity index is 1110. The third-order valence-electron chi connectivity index (χ3n) is 5.02. The number of rotatable bonds is 4. The Labute approximate surface area is 170 Å². The highest BCUT2D eigenvalue weighted by molar-refractivity contribution is 5.85. The maximum Gasteiger partial charge on any atom is 0.416 e. The lowest BCUT2D eigenvalue weighted by Crippen LogP contribution is -2.17. The van der Waals surface area contributed by atoms with Crippen LogP contribution in [0.2, 0.25) is 0 Å². The first-order valence-corrected chi connectivity index (χ1v) is 9.66. The predicted octanol–water partition coefficient (Wildman–Crippen LogP) is 5.09. The number of nitriles is 1. The van der Waals surface area contributed by atoms with Crippen molar-refractivity contribution in [1.29, 1.82) is 5.26 Å². The summed E-state index contributed by atoms with van der Waals surface area (Å²) in [6.45, 7) is 2.64. The Balaban J connectivity index is 1.91. The molecule has 0 aliphatic carbocycles. The average Bonchev–Trinajstić information content (AvgIpc) is 3.17. The molecular formula is C21H19F3N4O2. The highest BCUT2D eigenvalue weighted by Gasteiger charge is 2.32. The zero-order valence-corrected chi connectivity index (χ0v) is 16.2. The zero-order chi connectivity index (χ0) is 21.3. The van der Waals surface area contributed by atoms with Crippen molar-refractivity contribution < 1.29 is 22.6 Å². The predicted molar refractivity (Wildman–Crippen MR) is 103 cm³/mol. The fourth-order valence-corrected chi connectivity index (χ4v) is 3.61. The minimum Gasteiger partial charge on any atom is -0.493 e. The topological polar surface area (TPSA) is 73.0 Å². The van der Waals surface area contributed by atoms with E-state index in [0.717, 1.165) is 31.4 Å². The van der Waals surface area contributed by atoms with E-state index < -0.39 is 11.7 Å². The lowest BCUT2D eigenvalue weighted by molar-refractivity contribution is -0.137. The van der Waals surface area contributed by atoms with Crippen molar-refractivity contribution in [2.45, 2.75) is 38.6 Å². The van der Waals surface area contributed by atoms with Crippen molar-refractivity contribution in [2.24, 2.45) is 0 Å². The molecule has 3 aromatic rings. The monoisotopic (exact) mass is 416 g/mol. The number of fused-ring (bicyclic) bond motifs is 1. The first-order valence-electron chi connectivity index (χ1n) is 9.66. The molecule has 1 aliphatic rings. The molecule has 1 aliphatic heterocycles. The molecule has 0 N–H and O–H groups in total. The number of benzene rings is 1. The Kier molecular flexibility index (Phi) is 5.35. The molecule has 1 aromatic carbocycles. The fraction of sp³-hybridized carbons (Fsp3) is 0.381. The van der Waals surface area contributed by atoms with Crippen LogP contribution in [0.1, 0.15) is 43.7 Å². The van der Waals surface area contributed by atoms with Crippen LogP contribution in [0, 0.1) is 11.3 Å². The smallest absolute Gasteiger partial charge is 0.416 e. The molecule has 156 valence electrons. The zero-order valence-electron chi connectivity index (χ0n) is 16.2. The van der Waals surface area contributed by atoms with Gasteiger partial charge in [-0.3, -0.25) is 0 Å². The number of halogens is 3. The Morgan fingerprint density at radius 1 is 1.30 bits per heavy atom. The van der Waals surface area contributed by atoms with Gasteiger partial charge in [0, 0.05) is 12.2 Å². The van der Waals surface area contributed by atoms with E-state index >= 15 is 0 Å². The summed E-state index contributed by atoms with van der Waals surface area (Å²) in [5.41, 5.74) is 0.583. The lowest BCUT2D eigenvalue weighted by atomic mass is 10.0. The van der Waals surface area contributed by atoms with Crippen LogP contribution in [-0.4, -0.2) is 27.7 Å². The summed E-state index contributed by atoms with van der Waals surface area (Å²) in [6.07, 6.45) is -0.407. The normalized spacial score (nSPS) is 17.1. The molecule has 0 radical (unpaired) electrons. The van der Waals surface area contributed by atoms with Gasteiger partial charge in [-0.15, -0.1) is 0 Å². The van der Waals surface area contributed by atoms with Crippen LogP contribution in [-0.2, 0) is 10.9 Å². The number of aromatic nitrogens is 3. The van der Waals surface area contributed by atoms with Crippen molar-refractivity contribution in [1.82, 2.24) is 14.5 Å². The van der Waals surface area contributed by atoms with Gasteiger partial charge in [0.2, 0.25) is 0 Å².